The van der Waals surface area contributed by atoms with Crippen molar-refractivity contribution in [3.8, 4) is 0 Å². The highest BCUT2D eigenvalue weighted by Gasteiger charge is 2.16. The van der Waals surface area contributed by atoms with E-state index in [0.29, 0.717) is 5.56 Å². The first-order valence-corrected chi connectivity index (χ1v) is 7.07. The van der Waals surface area contributed by atoms with Crippen LogP contribution < -0.4 is 5.32 Å². The van der Waals surface area contributed by atoms with E-state index < -0.39 is 0 Å². The topological polar surface area (TPSA) is 38.3 Å². The summed E-state index contributed by atoms with van der Waals surface area (Å²) in [5, 5.41) is 3.46. The van der Waals surface area contributed by atoms with E-state index in [-0.39, 0.29) is 5.97 Å². The number of hydrogen-bond donors (Lipinski definition) is 1. The molecule has 1 aromatic carbocycles. The molecular weight excluding hydrogens is 294 g/mol. The molecule has 3 nitrogen and oxygen atoms in total. The summed E-state index contributed by atoms with van der Waals surface area (Å²) >= 11 is 3.50. The van der Waals surface area contributed by atoms with Gasteiger partial charge in [-0.3, -0.25) is 0 Å². The Labute approximate surface area is 116 Å². The summed E-state index contributed by atoms with van der Waals surface area (Å²) in [5.41, 5.74) is 1.74. The molecule has 0 bridgehead atoms. The van der Waals surface area contributed by atoms with Crippen molar-refractivity contribution < 1.29 is 9.53 Å². The molecule has 2 rings (SSSR count). The molecule has 4 heteroatoms. The highest BCUT2D eigenvalue weighted by Crippen LogP contribution is 2.25. The maximum Gasteiger partial charge on any atom is 0.337 e. The number of ether oxygens (including phenoxy) is 1. The second-order valence-corrected chi connectivity index (χ2v) is 5.58. The zero-order chi connectivity index (χ0) is 13.0. The predicted octanol–water partition coefficient (Wildman–Crippen LogP) is 3.13. The van der Waals surface area contributed by atoms with Gasteiger partial charge in [0.15, 0.2) is 0 Å². The molecule has 18 heavy (non-hydrogen) atoms. The van der Waals surface area contributed by atoms with Crippen LogP contribution in [-0.4, -0.2) is 19.6 Å². The van der Waals surface area contributed by atoms with Crippen molar-refractivity contribution >= 4 is 21.9 Å². The number of rotatable bonds is 5. The van der Waals surface area contributed by atoms with Gasteiger partial charge >= 0.3 is 5.97 Å². The van der Waals surface area contributed by atoms with Crippen LogP contribution in [-0.2, 0) is 11.3 Å². The average molecular weight is 312 g/mol. The number of carbonyl (C=O) groups is 1. The molecule has 0 atom stereocenters. The number of nitrogens with one attached hydrogen (secondary N) is 1. The van der Waals surface area contributed by atoms with Gasteiger partial charge in [0.2, 0.25) is 0 Å². The number of carbonyl (C=O) groups excluding carboxylic acids is 1. The summed E-state index contributed by atoms with van der Waals surface area (Å²) in [7, 11) is 1.39. The van der Waals surface area contributed by atoms with Gasteiger partial charge in [0.05, 0.1) is 12.7 Å². The van der Waals surface area contributed by atoms with Crippen molar-refractivity contribution in [1.29, 1.82) is 0 Å². The van der Waals surface area contributed by atoms with E-state index in [9.17, 15) is 4.79 Å². The molecule has 0 unspecified atom stereocenters. The summed E-state index contributed by atoms with van der Waals surface area (Å²) < 4.78 is 5.64. The number of esters is 1. The van der Waals surface area contributed by atoms with Crippen molar-refractivity contribution in [2.45, 2.75) is 25.8 Å². The number of methoxy groups -OCH3 is 1. The average Bonchev–Trinajstić information content (AvgIpc) is 2.32. The molecule has 0 heterocycles. The zero-order valence-corrected chi connectivity index (χ0v) is 12.1. The van der Waals surface area contributed by atoms with Gasteiger partial charge in [-0.05, 0) is 43.0 Å². The fourth-order valence-electron chi connectivity index (χ4n) is 2.04. The molecule has 0 saturated heterocycles. The lowest BCUT2D eigenvalue weighted by Crippen LogP contribution is -2.27. The van der Waals surface area contributed by atoms with Gasteiger partial charge in [-0.1, -0.05) is 28.4 Å². The molecule has 1 aromatic rings. The quantitative estimate of drug-likeness (QED) is 0.849. The first kappa shape index (κ1) is 13.6. The van der Waals surface area contributed by atoms with Gasteiger partial charge < -0.3 is 10.1 Å². The van der Waals surface area contributed by atoms with E-state index in [1.54, 1.807) is 6.07 Å². The van der Waals surface area contributed by atoms with Gasteiger partial charge in [-0.25, -0.2) is 4.79 Å². The lowest BCUT2D eigenvalue weighted by atomic mass is 9.85. The van der Waals surface area contributed by atoms with Crippen LogP contribution in [0.25, 0.3) is 0 Å². The Morgan fingerprint density at radius 2 is 2.28 bits per heavy atom. The van der Waals surface area contributed by atoms with Crippen LogP contribution in [0, 0.1) is 5.92 Å². The van der Waals surface area contributed by atoms with Crippen LogP contribution in [0.15, 0.2) is 22.7 Å². The number of halogens is 1. The van der Waals surface area contributed by atoms with Crippen LogP contribution in [0.5, 0.6) is 0 Å². The molecule has 0 spiro atoms. The Kier molecular flexibility index (Phi) is 4.78. The fraction of sp³-hybridized carbons (Fsp3) is 0.500. The van der Waals surface area contributed by atoms with Crippen molar-refractivity contribution in [3.05, 3.63) is 33.8 Å². The molecule has 1 aliphatic carbocycles. The third kappa shape index (κ3) is 3.33. The van der Waals surface area contributed by atoms with Crippen LogP contribution in [0.1, 0.15) is 35.2 Å². The van der Waals surface area contributed by atoms with Crippen molar-refractivity contribution in [2.75, 3.05) is 13.7 Å². The van der Waals surface area contributed by atoms with E-state index >= 15 is 0 Å². The van der Waals surface area contributed by atoms with Crippen LogP contribution >= 0.6 is 15.9 Å². The molecule has 0 radical (unpaired) electrons. The van der Waals surface area contributed by atoms with Crippen molar-refractivity contribution in [3.63, 3.8) is 0 Å². The normalized spacial score (nSPS) is 15.2. The van der Waals surface area contributed by atoms with Crippen LogP contribution in [0.4, 0.5) is 0 Å². The largest absolute Gasteiger partial charge is 0.465 e. The summed E-state index contributed by atoms with van der Waals surface area (Å²) in [6.45, 7) is 1.92. The van der Waals surface area contributed by atoms with Gasteiger partial charge in [0.1, 0.15) is 0 Å². The summed E-state index contributed by atoms with van der Waals surface area (Å²) in [6, 6.07) is 5.58. The Hall–Kier alpha value is -0.870. The maximum atomic E-state index is 11.4. The zero-order valence-electron chi connectivity index (χ0n) is 10.5. The van der Waals surface area contributed by atoms with Crippen molar-refractivity contribution in [2.24, 2.45) is 5.92 Å². The molecule has 1 fully saturated rings. The third-order valence-corrected chi connectivity index (χ3v) is 4.19. The summed E-state index contributed by atoms with van der Waals surface area (Å²) in [4.78, 5) is 11.4. The van der Waals surface area contributed by atoms with Crippen LogP contribution in [0.2, 0.25) is 0 Å². The van der Waals surface area contributed by atoms with E-state index in [1.165, 1.54) is 31.9 Å². The minimum absolute atomic E-state index is 0.301. The second kappa shape index (κ2) is 6.34. The third-order valence-electron chi connectivity index (χ3n) is 3.45. The molecule has 0 aromatic heterocycles. The van der Waals surface area contributed by atoms with E-state index in [0.717, 1.165) is 23.5 Å². The molecule has 0 aliphatic heterocycles. The highest BCUT2D eigenvalue weighted by molar-refractivity contribution is 9.10. The first-order chi connectivity index (χ1) is 8.70. The SMILES string of the molecule is COC(=O)c1ccc(CNCC2CCC2)c(Br)c1. The molecular formula is C14H18BrNO2. The van der Waals surface area contributed by atoms with Crippen molar-refractivity contribution in [1.82, 2.24) is 5.32 Å². The fourth-order valence-corrected chi connectivity index (χ4v) is 2.56. The van der Waals surface area contributed by atoms with Gasteiger partial charge in [0.25, 0.3) is 0 Å². The molecule has 1 saturated carbocycles. The molecule has 1 N–H and O–H groups in total. The highest BCUT2D eigenvalue weighted by atomic mass is 79.9. The van der Waals surface area contributed by atoms with Crippen LogP contribution in [0.3, 0.4) is 0 Å². The summed E-state index contributed by atoms with van der Waals surface area (Å²) in [5.74, 6) is 0.558. The van der Waals surface area contributed by atoms with Gasteiger partial charge in [-0.15, -0.1) is 0 Å². The number of benzene rings is 1. The Bertz CT molecular complexity index is 430. The molecule has 1 aliphatic rings. The van der Waals surface area contributed by atoms with Gasteiger partial charge in [-0.2, -0.15) is 0 Å². The Morgan fingerprint density at radius 1 is 1.50 bits per heavy atom. The lowest BCUT2D eigenvalue weighted by molar-refractivity contribution is 0.0600. The smallest absolute Gasteiger partial charge is 0.337 e. The molecule has 98 valence electrons. The predicted molar refractivity (Wildman–Crippen MR) is 74.5 cm³/mol. The molecule has 0 amide bonds. The summed E-state index contributed by atoms with van der Waals surface area (Å²) in [6.07, 6.45) is 4.09. The lowest BCUT2D eigenvalue weighted by Gasteiger charge is -2.25. The second-order valence-electron chi connectivity index (χ2n) is 4.73. The first-order valence-electron chi connectivity index (χ1n) is 6.28. The van der Waals surface area contributed by atoms with E-state index in [1.807, 2.05) is 12.1 Å². The maximum absolute atomic E-state index is 11.4. The number of hydrogen-bond acceptors (Lipinski definition) is 3. The standard InChI is InChI=1S/C14H18BrNO2/c1-18-14(17)11-5-6-12(13(15)7-11)9-16-8-10-3-2-4-10/h5-7,10,16H,2-4,8-9H2,1H3. The van der Waals surface area contributed by atoms with E-state index in [4.69, 9.17) is 4.74 Å². The Morgan fingerprint density at radius 3 is 2.83 bits per heavy atom. The monoisotopic (exact) mass is 311 g/mol. The van der Waals surface area contributed by atoms with Gasteiger partial charge in [0, 0.05) is 11.0 Å². The Balaban J connectivity index is 1.89. The minimum Gasteiger partial charge on any atom is -0.465 e. The minimum atomic E-state index is -0.301. The van der Waals surface area contributed by atoms with E-state index in [2.05, 4.69) is 21.2 Å².